The Bertz CT molecular complexity index is 631. The molecular formula is C19H19NO2. The third kappa shape index (κ3) is 3.95. The summed E-state index contributed by atoms with van der Waals surface area (Å²) < 4.78 is 5.08. The molecule has 0 aliphatic rings. The molecular weight excluding hydrogens is 274 g/mol. The molecule has 0 bridgehead atoms. The molecule has 0 amide bonds. The highest BCUT2D eigenvalue weighted by atomic mass is 16.5. The lowest BCUT2D eigenvalue weighted by atomic mass is 9.80. The van der Waals surface area contributed by atoms with Gasteiger partial charge >= 0.3 is 5.97 Å². The maximum Gasteiger partial charge on any atom is 0.306 e. The molecule has 2 rings (SSSR count). The van der Waals surface area contributed by atoms with Crippen LogP contribution in [0.25, 0.3) is 0 Å². The van der Waals surface area contributed by atoms with Crippen LogP contribution < -0.4 is 0 Å². The second-order valence-electron chi connectivity index (χ2n) is 5.04. The Labute approximate surface area is 131 Å². The van der Waals surface area contributed by atoms with Crippen LogP contribution in [0.5, 0.6) is 0 Å². The fraction of sp³-hybridized carbons (Fsp3) is 0.263. The third-order valence-electron chi connectivity index (χ3n) is 3.62. The largest absolute Gasteiger partial charge is 0.466 e. The molecule has 0 spiro atoms. The smallest absolute Gasteiger partial charge is 0.306 e. The van der Waals surface area contributed by atoms with Gasteiger partial charge in [0.25, 0.3) is 0 Å². The number of carbonyl (C=O) groups excluding carboxylic acids is 1. The summed E-state index contributed by atoms with van der Waals surface area (Å²) in [6.45, 7) is 2.14. The van der Waals surface area contributed by atoms with Gasteiger partial charge in [0.15, 0.2) is 0 Å². The Kier molecular flexibility index (Phi) is 5.73. The van der Waals surface area contributed by atoms with Crippen LogP contribution >= 0.6 is 0 Å². The van der Waals surface area contributed by atoms with Crippen molar-refractivity contribution in [3.8, 4) is 6.07 Å². The number of rotatable bonds is 6. The van der Waals surface area contributed by atoms with Crippen molar-refractivity contribution < 1.29 is 9.53 Å². The molecule has 2 aromatic carbocycles. The van der Waals surface area contributed by atoms with E-state index in [0.717, 1.165) is 11.1 Å². The molecule has 22 heavy (non-hydrogen) atoms. The van der Waals surface area contributed by atoms with Crippen LogP contribution in [0, 0.1) is 11.3 Å². The first-order chi connectivity index (χ1) is 10.8. The van der Waals surface area contributed by atoms with Gasteiger partial charge in [0, 0.05) is 5.92 Å². The van der Waals surface area contributed by atoms with Crippen molar-refractivity contribution in [2.45, 2.75) is 25.2 Å². The molecule has 0 heterocycles. The van der Waals surface area contributed by atoms with E-state index in [4.69, 9.17) is 4.74 Å². The second kappa shape index (κ2) is 7.99. The lowest BCUT2D eigenvalue weighted by Crippen LogP contribution is -2.16. The Morgan fingerprint density at radius 3 is 2.09 bits per heavy atom. The number of esters is 1. The summed E-state index contributed by atoms with van der Waals surface area (Å²) in [6.07, 6.45) is 0.199. The van der Waals surface area contributed by atoms with Gasteiger partial charge in [0.2, 0.25) is 0 Å². The van der Waals surface area contributed by atoms with E-state index >= 15 is 0 Å². The van der Waals surface area contributed by atoms with Gasteiger partial charge in [-0.2, -0.15) is 5.26 Å². The molecule has 0 aliphatic heterocycles. The quantitative estimate of drug-likeness (QED) is 0.755. The lowest BCUT2D eigenvalue weighted by molar-refractivity contribution is -0.143. The normalized spacial score (nSPS) is 12.9. The van der Waals surface area contributed by atoms with Crippen LogP contribution in [0.1, 0.15) is 36.3 Å². The summed E-state index contributed by atoms with van der Waals surface area (Å²) in [5.74, 6) is -0.867. The van der Waals surface area contributed by atoms with Crippen molar-refractivity contribution in [3.05, 3.63) is 71.8 Å². The average Bonchev–Trinajstić information content (AvgIpc) is 2.57. The lowest BCUT2D eigenvalue weighted by Gasteiger charge is -2.22. The topological polar surface area (TPSA) is 50.1 Å². The minimum absolute atomic E-state index is 0.199. The Morgan fingerprint density at radius 1 is 1.05 bits per heavy atom. The Morgan fingerprint density at radius 2 is 1.59 bits per heavy atom. The highest BCUT2D eigenvalue weighted by molar-refractivity contribution is 5.71. The zero-order valence-corrected chi connectivity index (χ0v) is 12.6. The summed E-state index contributed by atoms with van der Waals surface area (Å²) in [5.41, 5.74) is 1.90. The SMILES string of the molecule is CCOC(=O)C[C@@H](c1ccccc1)[C@@H](C#N)c1ccccc1. The molecule has 112 valence electrons. The number of hydrogen-bond donors (Lipinski definition) is 0. The van der Waals surface area contributed by atoms with Crippen LogP contribution in [0.15, 0.2) is 60.7 Å². The average molecular weight is 293 g/mol. The number of nitrogens with zero attached hydrogens (tertiary/aromatic N) is 1. The van der Waals surface area contributed by atoms with Crippen LogP contribution in [0.3, 0.4) is 0 Å². The molecule has 3 nitrogen and oxygen atoms in total. The minimum Gasteiger partial charge on any atom is -0.466 e. The third-order valence-corrected chi connectivity index (χ3v) is 3.62. The van der Waals surface area contributed by atoms with Crippen LogP contribution in [-0.2, 0) is 9.53 Å². The van der Waals surface area contributed by atoms with Gasteiger partial charge in [-0.1, -0.05) is 60.7 Å². The molecule has 0 saturated heterocycles. The van der Waals surface area contributed by atoms with Gasteiger partial charge in [-0.25, -0.2) is 0 Å². The van der Waals surface area contributed by atoms with Crippen LogP contribution in [-0.4, -0.2) is 12.6 Å². The summed E-state index contributed by atoms with van der Waals surface area (Å²) in [6, 6.07) is 21.6. The molecule has 3 heteroatoms. The van der Waals surface area contributed by atoms with Gasteiger partial charge in [0.1, 0.15) is 0 Å². The van der Waals surface area contributed by atoms with Crippen molar-refractivity contribution in [2.75, 3.05) is 6.61 Å². The summed E-state index contributed by atoms with van der Waals surface area (Å²) >= 11 is 0. The predicted octanol–water partition coefficient (Wildman–Crippen LogP) is 4.03. The van der Waals surface area contributed by atoms with Crippen molar-refractivity contribution in [2.24, 2.45) is 0 Å². The van der Waals surface area contributed by atoms with Crippen LogP contribution in [0.2, 0.25) is 0 Å². The Balaban J connectivity index is 2.34. The van der Waals surface area contributed by atoms with E-state index in [9.17, 15) is 10.1 Å². The second-order valence-corrected chi connectivity index (χ2v) is 5.04. The molecule has 0 fully saturated rings. The van der Waals surface area contributed by atoms with Gasteiger partial charge in [0.05, 0.1) is 25.0 Å². The number of ether oxygens (including phenoxy) is 1. The zero-order chi connectivity index (χ0) is 15.8. The van der Waals surface area contributed by atoms with Gasteiger partial charge in [-0.05, 0) is 18.1 Å². The molecule has 0 unspecified atom stereocenters. The Hall–Kier alpha value is -2.60. The highest BCUT2D eigenvalue weighted by Gasteiger charge is 2.27. The maximum atomic E-state index is 11.9. The monoisotopic (exact) mass is 293 g/mol. The van der Waals surface area contributed by atoms with E-state index in [1.165, 1.54) is 0 Å². The number of nitriles is 1. The number of carbonyl (C=O) groups is 1. The maximum absolute atomic E-state index is 11.9. The zero-order valence-electron chi connectivity index (χ0n) is 12.6. The number of hydrogen-bond acceptors (Lipinski definition) is 3. The molecule has 0 radical (unpaired) electrons. The van der Waals surface area contributed by atoms with Gasteiger partial charge in [-0.3, -0.25) is 4.79 Å². The molecule has 2 atom stereocenters. The van der Waals surface area contributed by atoms with Gasteiger partial charge in [-0.15, -0.1) is 0 Å². The van der Waals surface area contributed by atoms with E-state index in [1.54, 1.807) is 6.92 Å². The molecule has 2 aromatic rings. The fourth-order valence-corrected chi connectivity index (χ4v) is 2.59. The van der Waals surface area contributed by atoms with Crippen molar-refractivity contribution in [3.63, 3.8) is 0 Å². The van der Waals surface area contributed by atoms with Crippen molar-refractivity contribution >= 4 is 5.97 Å². The molecule has 0 N–H and O–H groups in total. The first kappa shape index (κ1) is 15.8. The van der Waals surface area contributed by atoms with E-state index in [0.29, 0.717) is 6.61 Å². The van der Waals surface area contributed by atoms with E-state index in [2.05, 4.69) is 6.07 Å². The summed E-state index contributed by atoms with van der Waals surface area (Å²) in [7, 11) is 0. The van der Waals surface area contributed by atoms with E-state index in [1.807, 2.05) is 60.7 Å². The standard InChI is InChI=1S/C19H19NO2/c1-2-22-19(21)13-17(15-9-5-3-6-10-15)18(14-20)16-11-7-4-8-12-16/h3-12,17-18H,2,13H2,1H3/t17-,18-/m0/s1. The predicted molar refractivity (Wildman–Crippen MR) is 85.2 cm³/mol. The van der Waals surface area contributed by atoms with E-state index in [-0.39, 0.29) is 24.2 Å². The molecule has 0 aromatic heterocycles. The van der Waals surface area contributed by atoms with Crippen LogP contribution in [0.4, 0.5) is 0 Å². The summed E-state index contributed by atoms with van der Waals surface area (Å²) in [5, 5.41) is 9.65. The first-order valence-corrected chi connectivity index (χ1v) is 7.41. The molecule has 0 aliphatic carbocycles. The minimum atomic E-state index is -0.381. The number of benzene rings is 2. The molecule has 0 saturated carbocycles. The summed E-state index contributed by atoms with van der Waals surface area (Å²) in [4.78, 5) is 11.9. The fourth-order valence-electron chi connectivity index (χ4n) is 2.59. The van der Waals surface area contributed by atoms with E-state index < -0.39 is 0 Å². The van der Waals surface area contributed by atoms with Crippen molar-refractivity contribution in [1.29, 1.82) is 5.26 Å². The van der Waals surface area contributed by atoms with Gasteiger partial charge < -0.3 is 4.74 Å². The van der Waals surface area contributed by atoms with Crippen molar-refractivity contribution in [1.82, 2.24) is 0 Å². The first-order valence-electron chi connectivity index (χ1n) is 7.41. The highest BCUT2D eigenvalue weighted by Crippen LogP contribution is 2.35.